The minimum Gasteiger partial charge on any atom is -0.300 e. The Morgan fingerprint density at radius 1 is 0.600 bits per heavy atom. The van der Waals surface area contributed by atoms with E-state index in [0.717, 1.165) is 0 Å². The first-order valence-corrected chi connectivity index (χ1v) is 4.52. The smallest absolute Gasteiger partial charge is 0.137 e. The minimum atomic E-state index is -0.0625. The van der Waals surface area contributed by atoms with Crippen LogP contribution in [-0.2, 0) is 19.2 Å². The Bertz CT molecular complexity index is 197. The Morgan fingerprint density at radius 2 is 0.733 bits per heavy atom. The number of carbonyl (C=O) groups excluding carboxylic acids is 4. The van der Waals surface area contributed by atoms with Crippen LogP contribution in [0.15, 0.2) is 0 Å². The molecule has 0 spiro atoms. The van der Waals surface area contributed by atoms with Crippen molar-refractivity contribution in [3.8, 4) is 0 Å². The molecule has 0 saturated heterocycles. The average Bonchev–Trinajstić information content (AvgIpc) is 1.78. The van der Waals surface area contributed by atoms with Crippen molar-refractivity contribution >= 4 is 23.1 Å². The van der Waals surface area contributed by atoms with Crippen LogP contribution in [0.1, 0.15) is 48.0 Å². The average molecular weight is 216 g/mol. The maximum atomic E-state index is 10.0. The van der Waals surface area contributed by atoms with Crippen LogP contribution in [0.25, 0.3) is 0 Å². The standard InChI is InChI=1S/C5H8O2.2C3H6O/c1-4(6)3-5(2)7;2*1-3(2)4/h3H2,1-2H3;2*1-2H3. The molecular weight excluding hydrogens is 196 g/mol. The molecule has 0 aliphatic heterocycles. The van der Waals surface area contributed by atoms with Crippen molar-refractivity contribution in [2.24, 2.45) is 0 Å². The molecule has 0 aromatic carbocycles. The van der Waals surface area contributed by atoms with Crippen molar-refractivity contribution in [2.45, 2.75) is 48.0 Å². The van der Waals surface area contributed by atoms with Crippen molar-refractivity contribution in [1.29, 1.82) is 0 Å². The molecule has 0 fully saturated rings. The van der Waals surface area contributed by atoms with Gasteiger partial charge in [0.2, 0.25) is 0 Å². The second-order valence-corrected chi connectivity index (χ2v) is 3.40. The molecule has 4 nitrogen and oxygen atoms in total. The van der Waals surface area contributed by atoms with Crippen molar-refractivity contribution in [1.82, 2.24) is 0 Å². The van der Waals surface area contributed by atoms with E-state index in [1.54, 1.807) is 0 Å². The molecule has 0 aliphatic rings. The number of Topliss-reactive ketones (excluding diaryl/α,β-unsaturated/α-hetero) is 4. The molecule has 0 N–H and O–H groups in total. The summed E-state index contributed by atoms with van der Waals surface area (Å²) in [5.74, 6) is 0.208. The summed E-state index contributed by atoms with van der Waals surface area (Å²) in [4.78, 5) is 39.0. The van der Waals surface area contributed by atoms with Crippen LogP contribution in [0.4, 0.5) is 0 Å². The molecule has 0 radical (unpaired) electrons. The van der Waals surface area contributed by atoms with Gasteiger partial charge in [0.25, 0.3) is 0 Å². The highest BCUT2D eigenvalue weighted by Gasteiger charge is 1.94. The predicted molar refractivity (Wildman–Crippen MR) is 58.7 cm³/mol. The lowest BCUT2D eigenvalue weighted by Gasteiger charge is -1.81. The zero-order valence-corrected chi connectivity index (χ0v) is 10.3. The van der Waals surface area contributed by atoms with Gasteiger partial charge in [-0.1, -0.05) is 0 Å². The number of hydrogen-bond donors (Lipinski definition) is 0. The molecule has 0 unspecified atom stereocenters. The van der Waals surface area contributed by atoms with Crippen molar-refractivity contribution in [3.63, 3.8) is 0 Å². The second-order valence-electron chi connectivity index (χ2n) is 3.40. The third-order valence-corrected chi connectivity index (χ3v) is 0.498. The van der Waals surface area contributed by atoms with Crippen molar-refractivity contribution < 1.29 is 19.2 Å². The third kappa shape index (κ3) is 201. The molecule has 88 valence electrons. The second kappa shape index (κ2) is 12.7. The van der Waals surface area contributed by atoms with E-state index in [1.165, 1.54) is 41.5 Å². The fraction of sp³-hybridized carbons (Fsp3) is 0.636. The summed E-state index contributed by atoms with van der Waals surface area (Å²) >= 11 is 0. The first-order chi connectivity index (χ1) is 6.59. The Kier molecular flexibility index (Phi) is 16.3. The van der Waals surface area contributed by atoms with E-state index in [9.17, 15) is 19.2 Å². The molecular formula is C11H20O4. The van der Waals surface area contributed by atoms with Gasteiger partial charge in [-0.15, -0.1) is 0 Å². The van der Waals surface area contributed by atoms with E-state index < -0.39 is 0 Å². The van der Waals surface area contributed by atoms with Crippen LogP contribution in [0.5, 0.6) is 0 Å². The molecule has 0 heterocycles. The lowest BCUT2D eigenvalue weighted by molar-refractivity contribution is -0.124. The normalized spacial score (nSPS) is 7.33. The maximum Gasteiger partial charge on any atom is 0.137 e. The summed E-state index contributed by atoms with van der Waals surface area (Å²) in [7, 11) is 0. The third-order valence-electron chi connectivity index (χ3n) is 0.498. The first kappa shape index (κ1) is 19.3. The first-order valence-electron chi connectivity index (χ1n) is 4.52. The molecule has 4 heteroatoms. The number of hydrogen-bond acceptors (Lipinski definition) is 4. The van der Waals surface area contributed by atoms with Crippen LogP contribution >= 0.6 is 0 Å². The molecule has 0 aromatic heterocycles. The van der Waals surface area contributed by atoms with Gasteiger partial charge in [-0.25, -0.2) is 0 Å². The van der Waals surface area contributed by atoms with E-state index in [0.29, 0.717) is 0 Å². The summed E-state index contributed by atoms with van der Waals surface area (Å²) in [6.07, 6.45) is 0.0833. The Hall–Kier alpha value is -1.32. The van der Waals surface area contributed by atoms with Gasteiger partial charge < -0.3 is 9.59 Å². The molecule has 15 heavy (non-hydrogen) atoms. The van der Waals surface area contributed by atoms with Crippen molar-refractivity contribution in [2.75, 3.05) is 0 Å². The summed E-state index contributed by atoms with van der Waals surface area (Å²) in [6, 6.07) is 0. The molecule has 0 aliphatic carbocycles. The van der Waals surface area contributed by atoms with Gasteiger partial charge in [-0.05, 0) is 41.5 Å². The topological polar surface area (TPSA) is 68.3 Å². The zero-order valence-electron chi connectivity index (χ0n) is 10.3. The number of carbonyl (C=O) groups is 4. The zero-order chi connectivity index (χ0) is 13.0. The predicted octanol–water partition coefficient (Wildman–Crippen LogP) is 1.75. The monoisotopic (exact) mass is 216 g/mol. The molecule has 0 atom stereocenters. The van der Waals surface area contributed by atoms with Crippen LogP contribution < -0.4 is 0 Å². The fourth-order valence-corrected chi connectivity index (χ4v) is 0.351. The van der Waals surface area contributed by atoms with Gasteiger partial charge >= 0.3 is 0 Å². The number of ketones is 4. The summed E-state index contributed by atoms with van der Waals surface area (Å²) in [5.41, 5.74) is 0. The van der Waals surface area contributed by atoms with Gasteiger partial charge in [0.05, 0.1) is 6.42 Å². The van der Waals surface area contributed by atoms with Crippen LogP contribution in [0.2, 0.25) is 0 Å². The fourth-order valence-electron chi connectivity index (χ4n) is 0.351. The highest BCUT2D eigenvalue weighted by atomic mass is 16.1. The van der Waals surface area contributed by atoms with Crippen LogP contribution in [0.3, 0.4) is 0 Å². The summed E-state index contributed by atoms with van der Waals surface area (Å²) in [6.45, 7) is 8.92. The molecule has 0 saturated carbocycles. The lowest BCUT2D eigenvalue weighted by atomic mass is 10.2. The van der Waals surface area contributed by atoms with E-state index in [-0.39, 0.29) is 29.6 Å². The molecule has 0 aromatic rings. The summed E-state index contributed by atoms with van der Waals surface area (Å²) in [5, 5.41) is 0. The Labute approximate surface area is 91.0 Å². The highest BCUT2D eigenvalue weighted by Crippen LogP contribution is 1.80. The lowest BCUT2D eigenvalue weighted by Crippen LogP contribution is -1.97. The molecule has 0 bridgehead atoms. The summed E-state index contributed by atoms with van der Waals surface area (Å²) < 4.78 is 0. The molecule has 0 rings (SSSR count). The number of rotatable bonds is 2. The Balaban J connectivity index is -0.000000155. The largest absolute Gasteiger partial charge is 0.300 e. The highest BCUT2D eigenvalue weighted by molar-refractivity contribution is 5.96. The van der Waals surface area contributed by atoms with E-state index in [1.807, 2.05) is 0 Å². The van der Waals surface area contributed by atoms with E-state index in [2.05, 4.69) is 0 Å². The van der Waals surface area contributed by atoms with Crippen LogP contribution in [-0.4, -0.2) is 23.1 Å². The quantitative estimate of drug-likeness (QED) is 0.659. The minimum absolute atomic E-state index is 0.0625. The van der Waals surface area contributed by atoms with E-state index >= 15 is 0 Å². The maximum absolute atomic E-state index is 10.0. The van der Waals surface area contributed by atoms with Gasteiger partial charge in [0, 0.05) is 0 Å². The molecule has 0 amide bonds. The van der Waals surface area contributed by atoms with Gasteiger partial charge in [0.1, 0.15) is 23.1 Å². The van der Waals surface area contributed by atoms with Crippen molar-refractivity contribution in [3.05, 3.63) is 0 Å². The van der Waals surface area contributed by atoms with Gasteiger partial charge in [0.15, 0.2) is 0 Å². The Morgan fingerprint density at radius 3 is 0.733 bits per heavy atom. The SMILES string of the molecule is CC(=O)CC(C)=O.CC(C)=O.CC(C)=O. The van der Waals surface area contributed by atoms with Gasteiger partial charge in [-0.3, -0.25) is 9.59 Å². The van der Waals surface area contributed by atoms with Crippen LogP contribution in [0, 0.1) is 0 Å². The van der Waals surface area contributed by atoms with Gasteiger partial charge in [-0.2, -0.15) is 0 Å². The van der Waals surface area contributed by atoms with E-state index in [4.69, 9.17) is 0 Å².